The second-order valence-electron chi connectivity index (χ2n) is 10.5. The summed E-state index contributed by atoms with van der Waals surface area (Å²) >= 11 is 12.6. The van der Waals surface area contributed by atoms with E-state index in [1.54, 1.807) is 16.7 Å². The van der Waals surface area contributed by atoms with Crippen LogP contribution >= 0.6 is 23.2 Å². The number of nitrogens with zero attached hydrogens (tertiary/aromatic N) is 2. The van der Waals surface area contributed by atoms with E-state index in [4.69, 9.17) is 32.7 Å². The lowest BCUT2D eigenvalue weighted by molar-refractivity contribution is -0.137. The van der Waals surface area contributed by atoms with Crippen LogP contribution < -0.4 is 4.90 Å². The number of unbranched alkanes of at least 4 members (excludes halogenated alkanes) is 2. The number of alkyl halides is 2. The van der Waals surface area contributed by atoms with Gasteiger partial charge in [0, 0.05) is 20.1 Å². The van der Waals surface area contributed by atoms with Gasteiger partial charge in [0.1, 0.15) is 19.3 Å². The number of para-hydroxylation sites is 1. The molecule has 2 rings (SSSR count). The highest BCUT2D eigenvalue weighted by Crippen LogP contribution is 2.38. The van der Waals surface area contributed by atoms with E-state index < -0.39 is 4.87 Å². The highest BCUT2D eigenvalue weighted by atomic mass is 35.5. The molecular weight excluding hydrogens is 571 g/mol. The van der Waals surface area contributed by atoms with Gasteiger partial charge in [0.15, 0.2) is 0 Å². The van der Waals surface area contributed by atoms with Crippen molar-refractivity contribution in [2.75, 3.05) is 37.5 Å². The maximum absolute atomic E-state index is 12.2. The van der Waals surface area contributed by atoms with Crippen molar-refractivity contribution in [3.8, 4) is 0 Å². The molecular formula is C34H54Cl2N2O4. The molecule has 238 valence electrons. The Balaban J connectivity index is 0.000000420. The van der Waals surface area contributed by atoms with Crippen LogP contribution in [0.15, 0.2) is 42.0 Å². The Morgan fingerprint density at radius 3 is 1.93 bits per heavy atom. The van der Waals surface area contributed by atoms with E-state index >= 15 is 0 Å². The molecule has 2 amide bonds. The number of rotatable bonds is 17. The first-order valence-electron chi connectivity index (χ1n) is 15.7. The summed E-state index contributed by atoms with van der Waals surface area (Å²) in [6.07, 6.45) is 13.6. The predicted molar refractivity (Wildman–Crippen MR) is 178 cm³/mol. The van der Waals surface area contributed by atoms with Gasteiger partial charge in [0.25, 0.3) is 0 Å². The van der Waals surface area contributed by atoms with E-state index in [-0.39, 0.29) is 30.5 Å². The van der Waals surface area contributed by atoms with Gasteiger partial charge in [-0.25, -0.2) is 0 Å². The van der Waals surface area contributed by atoms with Gasteiger partial charge in [-0.3, -0.25) is 14.5 Å². The van der Waals surface area contributed by atoms with E-state index in [0.29, 0.717) is 19.9 Å². The van der Waals surface area contributed by atoms with Gasteiger partial charge in [-0.2, -0.15) is 0 Å². The Hall–Kier alpha value is -1.86. The van der Waals surface area contributed by atoms with Crippen LogP contribution in [-0.2, 0) is 31.9 Å². The molecule has 0 heterocycles. The predicted octanol–water partition coefficient (Wildman–Crippen LogP) is 8.43. The summed E-state index contributed by atoms with van der Waals surface area (Å²) in [5.41, 5.74) is 4.48. The maximum Gasteiger partial charge on any atom is 0.243 e. The van der Waals surface area contributed by atoms with Crippen molar-refractivity contribution in [1.29, 1.82) is 0 Å². The summed E-state index contributed by atoms with van der Waals surface area (Å²) < 4.78 is 11.3. The number of hydrogen-bond donors (Lipinski definition) is 0. The fourth-order valence-corrected chi connectivity index (χ4v) is 5.43. The van der Waals surface area contributed by atoms with Gasteiger partial charge in [0.05, 0.1) is 16.6 Å². The van der Waals surface area contributed by atoms with Gasteiger partial charge in [0.2, 0.25) is 11.8 Å². The van der Waals surface area contributed by atoms with E-state index in [1.807, 2.05) is 18.2 Å². The molecule has 1 aromatic carbocycles. The average molecular weight is 626 g/mol. The van der Waals surface area contributed by atoms with Gasteiger partial charge in [-0.05, 0) is 55.2 Å². The van der Waals surface area contributed by atoms with Crippen molar-refractivity contribution in [3.63, 3.8) is 0 Å². The molecule has 1 aromatic rings. The average Bonchev–Trinajstić information content (AvgIpc) is 3.01. The van der Waals surface area contributed by atoms with E-state index in [9.17, 15) is 9.59 Å². The summed E-state index contributed by atoms with van der Waals surface area (Å²) in [6.45, 7) is 16.1. The topological polar surface area (TPSA) is 59.1 Å². The number of ether oxygens (including phenoxy) is 2. The molecule has 1 aliphatic carbocycles. The third kappa shape index (κ3) is 11.3. The lowest BCUT2D eigenvalue weighted by Gasteiger charge is -2.43. The van der Waals surface area contributed by atoms with Crippen molar-refractivity contribution in [1.82, 2.24) is 4.90 Å². The zero-order valence-corrected chi connectivity index (χ0v) is 28.5. The Bertz CT molecular complexity index is 991. The van der Waals surface area contributed by atoms with Crippen LogP contribution in [0.5, 0.6) is 0 Å². The number of amides is 2. The number of carbonyl (C=O) groups excluding carboxylic acids is 2. The molecule has 0 saturated carbocycles. The van der Waals surface area contributed by atoms with E-state index in [2.05, 4.69) is 59.8 Å². The summed E-state index contributed by atoms with van der Waals surface area (Å²) in [6, 6.07) is 6.05. The van der Waals surface area contributed by atoms with Crippen LogP contribution in [0.4, 0.5) is 5.69 Å². The molecule has 1 aliphatic rings. The second kappa shape index (κ2) is 20.9. The molecule has 0 aromatic heterocycles. The van der Waals surface area contributed by atoms with Crippen molar-refractivity contribution >= 4 is 40.7 Å². The first-order valence-corrected chi connectivity index (χ1v) is 16.6. The SMILES string of the molecule is CCCCOCN(C(=O)CCl)c1c(CC)cccc1CC.CCCCOCN(C(C)=O)C1C(CC)=CC=CC1(Cl)CC. The Morgan fingerprint density at radius 2 is 1.48 bits per heavy atom. The molecule has 2 atom stereocenters. The largest absolute Gasteiger partial charge is 0.361 e. The third-order valence-corrected chi connectivity index (χ3v) is 8.37. The van der Waals surface area contributed by atoms with Crippen LogP contribution in [-0.4, -0.2) is 60.2 Å². The Morgan fingerprint density at radius 1 is 0.905 bits per heavy atom. The smallest absolute Gasteiger partial charge is 0.243 e. The zero-order chi connectivity index (χ0) is 31.5. The van der Waals surface area contributed by atoms with Crippen molar-refractivity contribution in [2.24, 2.45) is 0 Å². The van der Waals surface area contributed by atoms with Crippen molar-refractivity contribution in [3.05, 3.63) is 53.1 Å². The zero-order valence-electron chi connectivity index (χ0n) is 27.0. The van der Waals surface area contributed by atoms with Gasteiger partial charge >= 0.3 is 0 Å². The Kier molecular flexibility index (Phi) is 19.0. The highest BCUT2D eigenvalue weighted by Gasteiger charge is 2.41. The molecule has 0 radical (unpaired) electrons. The van der Waals surface area contributed by atoms with Gasteiger partial charge in [-0.1, -0.05) is 90.8 Å². The minimum Gasteiger partial charge on any atom is -0.361 e. The molecule has 2 unspecified atom stereocenters. The number of carbonyl (C=O) groups is 2. The highest BCUT2D eigenvalue weighted by molar-refractivity contribution is 6.29. The molecule has 0 fully saturated rings. The molecule has 0 N–H and O–H groups in total. The molecule has 8 heteroatoms. The first kappa shape index (κ1) is 38.2. The molecule has 0 aliphatic heterocycles. The second-order valence-corrected chi connectivity index (χ2v) is 11.5. The van der Waals surface area contributed by atoms with Crippen LogP contribution in [0, 0.1) is 0 Å². The lowest BCUT2D eigenvalue weighted by atomic mass is 9.83. The quantitative estimate of drug-likeness (QED) is 0.0991. The molecule has 0 bridgehead atoms. The van der Waals surface area contributed by atoms with E-state index in [1.165, 1.54) is 5.57 Å². The van der Waals surface area contributed by atoms with Crippen LogP contribution in [0.2, 0.25) is 0 Å². The molecule has 42 heavy (non-hydrogen) atoms. The summed E-state index contributed by atoms with van der Waals surface area (Å²) in [7, 11) is 0. The number of hydrogen-bond acceptors (Lipinski definition) is 4. The van der Waals surface area contributed by atoms with Crippen LogP contribution in [0.1, 0.15) is 98.1 Å². The fraction of sp³-hybridized carbons (Fsp3) is 0.647. The van der Waals surface area contributed by atoms with Crippen molar-refractivity contribution in [2.45, 2.75) is 111 Å². The maximum atomic E-state index is 12.2. The lowest BCUT2D eigenvalue weighted by Crippen LogP contribution is -2.53. The minimum absolute atomic E-state index is 0.00428. The summed E-state index contributed by atoms with van der Waals surface area (Å²) in [5, 5.41) is 0. The molecule has 6 nitrogen and oxygen atoms in total. The Labute approximate surface area is 265 Å². The number of benzene rings is 1. The third-order valence-electron chi connectivity index (χ3n) is 7.54. The molecule has 0 saturated heterocycles. The number of aryl methyl sites for hydroxylation is 2. The molecule has 0 spiro atoms. The minimum atomic E-state index is -0.542. The monoisotopic (exact) mass is 624 g/mol. The normalized spacial score (nSPS) is 17.7. The van der Waals surface area contributed by atoms with Gasteiger partial charge < -0.3 is 14.4 Å². The van der Waals surface area contributed by atoms with Crippen LogP contribution in [0.3, 0.4) is 0 Å². The van der Waals surface area contributed by atoms with Crippen molar-refractivity contribution < 1.29 is 19.1 Å². The first-order chi connectivity index (χ1) is 20.2. The van der Waals surface area contributed by atoms with Gasteiger partial charge in [-0.15, -0.1) is 23.2 Å². The van der Waals surface area contributed by atoms with Crippen LogP contribution in [0.25, 0.3) is 0 Å². The number of halogens is 2. The standard InChI is InChI=1S/C17H28ClNO2.C17H26ClNO2/c1-5-8-12-21-13-19(14(4)20)16-15(6-2)10-9-11-17(16,18)7-3;1-4-7-11-21-13-19(16(20)12-18)17-14(5-2)9-8-10-15(17)6-3/h9-11,16H,5-8,12-13H2,1-4H3;8-10H,4-7,11-13H2,1-3H3. The number of allylic oxidation sites excluding steroid dienone is 2. The number of anilines is 1. The summed E-state index contributed by atoms with van der Waals surface area (Å²) in [4.78, 5) is 27.3. The summed E-state index contributed by atoms with van der Waals surface area (Å²) in [5.74, 6) is -0.133. The van der Waals surface area contributed by atoms with E-state index in [0.717, 1.165) is 68.2 Å². The fourth-order valence-electron chi connectivity index (χ4n) is 4.96.